The lowest BCUT2D eigenvalue weighted by Crippen LogP contribution is -2.40. The van der Waals surface area contributed by atoms with Crippen LogP contribution in [0, 0.1) is 6.92 Å². The Morgan fingerprint density at radius 2 is 1.35 bits per heavy atom. The first-order valence-corrected chi connectivity index (χ1v) is 11.8. The summed E-state index contributed by atoms with van der Waals surface area (Å²) in [6.45, 7) is 2.01. The molecule has 0 bridgehead atoms. The summed E-state index contributed by atoms with van der Waals surface area (Å²) in [5, 5.41) is 3.77. The van der Waals surface area contributed by atoms with E-state index in [1.165, 1.54) is 24.3 Å². The molecule has 0 atom stereocenters. The Morgan fingerprint density at radius 3 is 1.94 bits per heavy atom. The van der Waals surface area contributed by atoms with Gasteiger partial charge in [-0.05, 0) is 54.4 Å². The van der Waals surface area contributed by atoms with Crippen LogP contribution in [0.25, 0.3) is 0 Å². The van der Waals surface area contributed by atoms with Crippen molar-refractivity contribution in [1.82, 2.24) is 9.62 Å². The number of halogens is 2. The predicted octanol–water partition coefficient (Wildman–Crippen LogP) is 4.81. The van der Waals surface area contributed by atoms with E-state index >= 15 is 0 Å². The minimum atomic E-state index is -3.93. The van der Waals surface area contributed by atoms with E-state index in [1.807, 2.05) is 31.2 Å². The Morgan fingerprint density at radius 1 is 0.839 bits per heavy atom. The molecule has 3 rings (SSSR count). The van der Waals surface area contributed by atoms with Gasteiger partial charge >= 0.3 is 0 Å². The highest BCUT2D eigenvalue weighted by molar-refractivity contribution is 7.89. The fourth-order valence-corrected chi connectivity index (χ4v) is 4.53. The topological polar surface area (TPSA) is 66.5 Å². The summed E-state index contributed by atoms with van der Waals surface area (Å²) in [4.78, 5) is 12.7. The number of hydrogen-bond acceptors (Lipinski definition) is 3. The van der Waals surface area contributed by atoms with Gasteiger partial charge in [0.25, 0.3) is 0 Å². The van der Waals surface area contributed by atoms with Crippen LogP contribution in [-0.2, 0) is 27.9 Å². The van der Waals surface area contributed by atoms with E-state index in [9.17, 15) is 13.2 Å². The van der Waals surface area contributed by atoms with E-state index in [0.717, 1.165) is 15.4 Å². The van der Waals surface area contributed by atoms with Crippen LogP contribution < -0.4 is 5.32 Å². The molecule has 5 nitrogen and oxygen atoms in total. The summed E-state index contributed by atoms with van der Waals surface area (Å²) >= 11 is 11.8. The molecule has 162 valence electrons. The SMILES string of the molecule is Cc1ccc(CNC(=O)CN(Cc2ccc(Cl)cc2)S(=O)(=O)c2ccc(Cl)cc2)cc1. The number of benzene rings is 3. The highest BCUT2D eigenvalue weighted by Crippen LogP contribution is 2.21. The molecular weight excluding hydrogens is 455 g/mol. The number of amides is 1. The van der Waals surface area contributed by atoms with Gasteiger partial charge in [0.2, 0.25) is 15.9 Å². The van der Waals surface area contributed by atoms with Crippen molar-refractivity contribution in [2.24, 2.45) is 0 Å². The lowest BCUT2D eigenvalue weighted by molar-refractivity contribution is -0.121. The first-order chi connectivity index (χ1) is 14.7. The van der Waals surface area contributed by atoms with Crippen LogP contribution >= 0.6 is 23.2 Å². The number of aryl methyl sites for hydroxylation is 1. The minimum absolute atomic E-state index is 0.0279. The molecule has 0 aliphatic carbocycles. The maximum absolute atomic E-state index is 13.2. The number of sulfonamides is 1. The average molecular weight is 477 g/mol. The Balaban J connectivity index is 1.79. The van der Waals surface area contributed by atoms with Crippen LogP contribution in [0.15, 0.2) is 77.7 Å². The molecule has 1 N–H and O–H groups in total. The molecular formula is C23H22Cl2N2O3S. The summed E-state index contributed by atoms with van der Waals surface area (Å²) in [7, 11) is -3.93. The molecule has 8 heteroatoms. The second-order valence-electron chi connectivity index (χ2n) is 7.12. The molecule has 0 saturated carbocycles. The van der Waals surface area contributed by atoms with Gasteiger partial charge in [0.1, 0.15) is 0 Å². The number of nitrogens with one attached hydrogen (secondary N) is 1. The molecule has 0 aliphatic heterocycles. The van der Waals surface area contributed by atoms with Crippen molar-refractivity contribution in [2.45, 2.75) is 24.9 Å². The quantitative estimate of drug-likeness (QED) is 0.507. The number of rotatable bonds is 8. The van der Waals surface area contributed by atoms with Gasteiger partial charge in [-0.25, -0.2) is 8.42 Å². The van der Waals surface area contributed by atoms with Crippen LogP contribution in [0.3, 0.4) is 0 Å². The number of carbonyl (C=O) groups is 1. The van der Waals surface area contributed by atoms with Gasteiger partial charge in [0.05, 0.1) is 11.4 Å². The second-order valence-corrected chi connectivity index (χ2v) is 9.93. The van der Waals surface area contributed by atoms with Gasteiger partial charge in [0.15, 0.2) is 0 Å². The highest BCUT2D eigenvalue weighted by Gasteiger charge is 2.27. The maximum atomic E-state index is 13.2. The molecule has 0 spiro atoms. The van der Waals surface area contributed by atoms with Crippen molar-refractivity contribution < 1.29 is 13.2 Å². The third-order valence-corrected chi connectivity index (χ3v) is 6.96. The van der Waals surface area contributed by atoms with Crippen LogP contribution in [0.2, 0.25) is 10.0 Å². The van der Waals surface area contributed by atoms with E-state index in [-0.39, 0.29) is 18.0 Å². The van der Waals surface area contributed by atoms with Crippen molar-refractivity contribution in [2.75, 3.05) is 6.54 Å². The van der Waals surface area contributed by atoms with Gasteiger partial charge in [-0.2, -0.15) is 4.31 Å². The van der Waals surface area contributed by atoms with Gasteiger partial charge in [-0.1, -0.05) is 65.2 Å². The van der Waals surface area contributed by atoms with Crippen LogP contribution in [0.5, 0.6) is 0 Å². The Hall–Kier alpha value is -2.38. The summed E-state index contributed by atoms with van der Waals surface area (Å²) in [5.41, 5.74) is 2.77. The average Bonchev–Trinajstić information content (AvgIpc) is 2.74. The molecule has 0 saturated heterocycles. The van der Waals surface area contributed by atoms with Crippen molar-refractivity contribution in [3.8, 4) is 0 Å². The molecule has 31 heavy (non-hydrogen) atoms. The summed E-state index contributed by atoms with van der Waals surface area (Å²) in [6.07, 6.45) is 0. The normalized spacial score (nSPS) is 11.5. The van der Waals surface area contributed by atoms with Gasteiger partial charge in [-0.3, -0.25) is 4.79 Å². The lowest BCUT2D eigenvalue weighted by Gasteiger charge is -2.22. The van der Waals surface area contributed by atoms with E-state index < -0.39 is 15.9 Å². The van der Waals surface area contributed by atoms with Gasteiger partial charge < -0.3 is 5.32 Å². The molecule has 0 radical (unpaired) electrons. The molecule has 1 amide bonds. The Labute approximate surface area is 192 Å². The van der Waals surface area contributed by atoms with Crippen LogP contribution in [0.4, 0.5) is 0 Å². The molecule has 0 fully saturated rings. The largest absolute Gasteiger partial charge is 0.351 e. The molecule has 3 aromatic carbocycles. The maximum Gasteiger partial charge on any atom is 0.243 e. The first-order valence-electron chi connectivity index (χ1n) is 9.56. The molecule has 0 unspecified atom stereocenters. The summed E-state index contributed by atoms with van der Waals surface area (Å²) < 4.78 is 27.6. The fraction of sp³-hybridized carbons (Fsp3) is 0.174. The smallest absolute Gasteiger partial charge is 0.243 e. The Bertz CT molecular complexity index is 1130. The Kier molecular flexibility index (Phi) is 7.73. The molecule has 3 aromatic rings. The van der Waals surface area contributed by atoms with Crippen LogP contribution in [-0.4, -0.2) is 25.2 Å². The third kappa shape index (κ3) is 6.55. The van der Waals surface area contributed by atoms with Crippen molar-refractivity contribution in [1.29, 1.82) is 0 Å². The number of carbonyl (C=O) groups excluding carboxylic acids is 1. The second kappa shape index (κ2) is 10.3. The zero-order chi connectivity index (χ0) is 22.4. The standard InChI is InChI=1S/C23H22Cl2N2O3S/c1-17-2-4-18(5-3-17)14-26-23(28)16-27(15-19-6-8-20(24)9-7-19)31(29,30)22-12-10-21(25)11-13-22/h2-13H,14-16H2,1H3,(H,26,28). The highest BCUT2D eigenvalue weighted by atomic mass is 35.5. The molecule has 0 aliphatic rings. The molecule has 0 aromatic heterocycles. The van der Waals surface area contributed by atoms with Crippen molar-refractivity contribution in [3.63, 3.8) is 0 Å². The van der Waals surface area contributed by atoms with Crippen LogP contribution in [0.1, 0.15) is 16.7 Å². The number of hydrogen-bond donors (Lipinski definition) is 1. The first kappa shape index (κ1) is 23.3. The predicted molar refractivity (Wildman–Crippen MR) is 124 cm³/mol. The zero-order valence-electron chi connectivity index (χ0n) is 16.9. The fourth-order valence-electron chi connectivity index (χ4n) is 2.90. The minimum Gasteiger partial charge on any atom is -0.351 e. The van der Waals surface area contributed by atoms with E-state index in [2.05, 4.69) is 5.32 Å². The van der Waals surface area contributed by atoms with Gasteiger partial charge in [-0.15, -0.1) is 0 Å². The van der Waals surface area contributed by atoms with E-state index in [1.54, 1.807) is 24.3 Å². The van der Waals surface area contributed by atoms with Crippen molar-refractivity contribution >= 4 is 39.1 Å². The monoisotopic (exact) mass is 476 g/mol. The van der Waals surface area contributed by atoms with Crippen molar-refractivity contribution in [3.05, 3.63) is 99.5 Å². The summed E-state index contributed by atoms with van der Waals surface area (Å²) in [5.74, 6) is -0.396. The van der Waals surface area contributed by atoms with Gasteiger partial charge in [0, 0.05) is 23.1 Å². The van der Waals surface area contributed by atoms with E-state index in [0.29, 0.717) is 22.2 Å². The lowest BCUT2D eigenvalue weighted by atomic mass is 10.1. The third-order valence-electron chi connectivity index (χ3n) is 4.65. The summed E-state index contributed by atoms with van der Waals surface area (Å²) in [6, 6.07) is 20.5. The zero-order valence-corrected chi connectivity index (χ0v) is 19.2. The number of nitrogens with zero attached hydrogens (tertiary/aromatic N) is 1. The molecule has 0 heterocycles. The van der Waals surface area contributed by atoms with E-state index in [4.69, 9.17) is 23.2 Å².